The van der Waals surface area contributed by atoms with Crippen molar-refractivity contribution in [1.29, 1.82) is 0 Å². The predicted molar refractivity (Wildman–Crippen MR) is 70.3 cm³/mol. The number of hydrogen-bond acceptors (Lipinski definition) is 2. The van der Waals surface area contributed by atoms with E-state index in [0.717, 1.165) is 16.2 Å². The quantitative estimate of drug-likeness (QED) is 0.440. The van der Waals surface area contributed by atoms with Gasteiger partial charge >= 0.3 is 0 Å². The van der Waals surface area contributed by atoms with Crippen LogP contribution in [0.2, 0.25) is 0 Å². The second kappa shape index (κ2) is 3.14. The molecule has 0 saturated heterocycles. The van der Waals surface area contributed by atoms with E-state index in [2.05, 4.69) is 24.3 Å². The molecule has 78 valence electrons. The van der Waals surface area contributed by atoms with Crippen LogP contribution in [0.5, 0.6) is 0 Å². The third kappa shape index (κ3) is 1.13. The molecular formula is C14H12N2. The number of benzene rings is 3. The number of rotatable bonds is 0. The van der Waals surface area contributed by atoms with Crippen molar-refractivity contribution in [3.8, 4) is 0 Å². The van der Waals surface area contributed by atoms with Gasteiger partial charge in [-0.05, 0) is 22.2 Å². The predicted octanol–water partition coefficient (Wildman–Crippen LogP) is 3.16. The summed E-state index contributed by atoms with van der Waals surface area (Å²) < 4.78 is 0. The van der Waals surface area contributed by atoms with Gasteiger partial charge in [0.15, 0.2) is 0 Å². The van der Waals surface area contributed by atoms with Gasteiger partial charge in [0.25, 0.3) is 0 Å². The molecule has 0 spiro atoms. The molecule has 2 nitrogen and oxygen atoms in total. The lowest BCUT2D eigenvalue weighted by Gasteiger charge is -2.08. The van der Waals surface area contributed by atoms with Crippen molar-refractivity contribution >= 4 is 32.9 Å². The summed E-state index contributed by atoms with van der Waals surface area (Å²) in [5, 5.41) is 4.53. The summed E-state index contributed by atoms with van der Waals surface area (Å²) in [6.45, 7) is 0. The number of nitrogens with two attached hydrogens (primary N) is 2. The number of fused-ring (bicyclic) bond motifs is 3. The van der Waals surface area contributed by atoms with Crippen LogP contribution in [0, 0.1) is 0 Å². The summed E-state index contributed by atoms with van der Waals surface area (Å²) in [7, 11) is 0. The Morgan fingerprint density at radius 3 is 2.25 bits per heavy atom. The molecule has 3 rings (SSSR count). The van der Waals surface area contributed by atoms with E-state index in [1.807, 2.05) is 24.3 Å². The van der Waals surface area contributed by atoms with Crippen LogP contribution < -0.4 is 11.5 Å². The Balaban J connectivity index is 2.63. The first-order chi connectivity index (χ1) is 7.77. The molecule has 0 radical (unpaired) electrons. The van der Waals surface area contributed by atoms with E-state index in [9.17, 15) is 0 Å². The summed E-state index contributed by atoms with van der Waals surface area (Å²) in [5.41, 5.74) is 13.2. The molecule has 0 aliphatic carbocycles. The van der Waals surface area contributed by atoms with Crippen LogP contribution >= 0.6 is 0 Å². The first kappa shape index (κ1) is 9.04. The van der Waals surface area contributed by atoms with Crippen LogP contribution in [0.25, 0.3) is 21.5 Å². The zero-order valence-corrected chi connectivity index (χ0v) is 8.77. The van der Waals surface area contributed by atoms with E-state index < -0.39 is 0 Å². The van der Waals surface area contributed by atoms with Crippen molar-refractivity contribution in [2.45, 2.75) is 0 Å². The Morgan fingerprint density at radius 2 is 1.38 bits per heavy atom. The zero-order valence-electron chi connectivity index (χ0n) is 8.77. The van der Waals surface area contributed by atoms with Crippen molar-refractivity contribution in [1.82, 2.24) is 0 Å². The van der Waals surface area contributed by atoms with Gasteiger partial charge in [0.2, 0.25) is 0 Å². The molecule has 16 heavy (non-hydrogen) atoms. The van der Waals surface area contributed by atoms with Crippen LogP contribution in [0.3, 0.4) is 0 Å². The fraction of sp³-hybridized carbons (Fsp3) is 0. The van der Waals surface area contributed by atoms with Gasteiger partial charge in [0.1, 0.15) is 0 Å². The van der Waals surface area contributed by atoms with Crippen LogP contribution in [0.15, 0.2) is 48.5 Å². The standard InChI is InChI=1S/C14H12N2/c15-12-8-7-10-6-5-9-3-1-2-4-11(9)13(10)14(12)16/h1-8H,15-16H2. The summed E-state index contributed by atoms with van der Waals surface area (Å²) in [5.74, 6) is 0. The van der Waals surface area contributed by atoms with E-state index in [1.165, 1.54) is 5.39 Å². The van der Waals surface area contributed by atoms with Gasteiger partial charge in [0.05, 0.1) is 11.4 Å². The minimum atomic E-state index is 0.642. The van der Waals surface area contributed by atoms with E-state index in [1.54, 1.807) is 0 Å². The van der Waals surface area contributed by atoms with Crippen molar-refractivity contribution < 1.29 is 0 Å². The molecule has 4 N–H and O–H groups in total. The number of anilines is 2. The molecular weight excluding hydrogens is 196 g/mol. The van der Waals surface area contributed by atoms with Crippen LogP contribution in [-0.4, -0.2) is 0 Å². The molecule has 0 aromatic heterocycles. The largest absolute Gasteiger partial charge is 0.397 e. The van der Waals surface area contributed by atoms with Gasteiger partial charge in [-0.25, -0.2) is 0 Å². The van der Waals surface area contributed by atoms with Crippen LogP contribution in [0.4, 0.5) is 11.4 Å². The molecule has 0 saturated carbocycles. The number of hydrogen-bond donors (Lipinski definition) is 2. The highest BCUT2D eigenvalue weighted by atomic mass is 14.7. The maximum Gasteiger partial charge on any atom is 0.0633 e. The minimum Gasteiger partial charge on any atom is -0.397 e. The van der Waals surface area contributed by atoms with E-state index in [0.29, 0.717) is 11.4 Å². The molecule has 0 heterocycles. The maximum atomic E-state index is 6.06. The van der Waals surface area contributed by atoms with Gasteiger partial charge < -0.3 is 11.5 Å². The molecule has 0 aliphatic heterocycles. The molecule has 0 fully saturated rings. The average molecular weight is 208 g/mol. The maximum absolute atomic E-state index is 6.06. The Labute approximate surface area is 93.5 Å². The molecule has 0 unspecified atom stereocenters. The lowest BCUT2D eigenvalue weighted by Crippen LogP contribution is -1.95. The van der Waals surface area contributed by atoms with E-state index >= 15 is 0 Å². The summed E-state index contributed by atoms with van der Waals surface area (Å²) in [4.78, 5) is 0. The Kier molecular flexibility index (Phi) is 1.77. The van der Waals surface area contributed by atoms with E-state index in [4.69, 9.17) is 11.5 Å². The number of nitrogen functional groups attached to an aromatic ring is 2. The summed E-state index contributed by atoms with van der Waals surface area (Å²) in [6, 6.07) is 16.2. The van der Waals surface area contributed by atoms with Crippen molar-refractivity contribution in [3.05, 3.63) is 48.5 Å². The summed E-state index contributed by atoms with van der Waals surface area (Å²) in [6.07, 6.45) is 0. The first-order valence-electron chi connectivity index (χ1n) is 5.23. The molecule has 0 bridgehead atoms. The first-order valence-corrected chi connectivity index (χ1v) is 5.23. The van der Waals surface area contributed by atoms with Gasteiger partial charge in [-0.15, -0.1) is 0 Å². The highest BCUT2D eigenvalue weighted by Gasteiger charge is 2.05. The van der Waals surface area contributed by atoms with Gasteiger partial charge in [-0.2, -0.15) is 0 Å². The lowest BCUT2D eigenvalue weighted by atomic mass is 10.00. The van der Waals surface area contributed by atoms with E-state index in [-0.39, 0.29) is 0 Å². The third-order valence-electron chi connectivity index (χ3n) is 2.98. The van der Waals surface area contributed by atoms with Crippen LogP contribution in [-0.2, 0) is 0 Å². The van der Waals surface area contributed by atoms with Crippen LogP contribution in [0.1, 0.15) is 0 Å². The monoisotopic (exact) mass is 208 g/mol. The minimum absolute atomic E-state index is 0.642. The Morgan fingerprint density at radius 1 is 0.688 bits per heavy atom. The Hall–Kier alpha value is -2.22. The Bertz CT molecular complexity index is 687. The molecule has 2 heteroatoms. The fourth-order valence-electron chi connectivity index (χ4n) is 2.14. The zero-order chi connectivity index (χ0) is 11.1. The van der Waals surface area contributed by atoms with Crippen molar-refractivity contribution in [2.24, 2.45) is 0 Å². The molecule has 0 aliphatic rings. The topological polar surface area (TPSA) is 52.0 Å². The normalized spacial score (nSPS) is 11.0. The molecule has 3 aromatic carbocycles. The second-order valence-electron chi connectivity index (χ2n) is 3.95. The van der Waals surface area contributed by atoms with Gasteiger partial charge in [0, 0.05) is 5.39 Å². The molecule has 3 aromatic rings. The molecule has 0 amide bonds. The lowest BCUT2D eigenvalue weighted by molar-refractivity contribution is 1.72. The molecule has 0 atom stereocenters. The second-order valence-corrected chi connectivity index (χ2v) is 3.95. The smallest absolute Gasteiger partial charge is 0.0633 e. The van der Waals surface area contributed by atoms with Crippen molar-refractivity contribution in [3.63, 3.8) is 0 Å². The highest BCUT2D eigenvalue weighted by Crippen LogP contribution is 2.32. The summed E-state index contributed by atoms with van der Waals surface area (Å²) >= 11 is 0. The fourth-order valence-corrected chi connectivity index (χ4v) is 2.14. The van der Waals surface area contributed by atoms with Crippen molar-refractivity contribution in [2.75, 3.05) is 11.5 Å². The highest BCUT2D eigenvalue weighted by molar-refractivity contribution is 6.15. The third-order valence-corrected chi connectivity index (χ3v) is 2.98. The van der Waals surface area contributed by atoms with Gasteiger partial charge in [-0.1, -0.05) is 42.5 Å². The SMILES string of the molecule is Nc1ccc2ccc3ccccc3c2c1N. The average Bonchev–Trinajstić information content (AvgIpc) is 2.33. The van der Waals surface area contributed by atoms with Gasteiger partial charge in [-0.3, -0.25) is 0 Å².